The highest BCUT2D eigenvalue weighted by molar-refractivity contribution is 5.87. The van der Waals surface area contributed by atoms with Crippen LogP contribution in [0, 0.1) is 0 Å². The summed E-state index contributed by atoms with van der Waals surface area (Å²) >= 11 is 0. The Bertz CT molecular complexity index is 729. The van der Waals surface area contributed by atoms with Crippen LogP contribution in [0.25, 0.3) is 10.8 Å². The number of hydrogen-bond donors (Lipinski definition) is 2. The van der Waals surface area contributed by atoms with Crippen molar-refractivity contribution in [1.29, 1.82) is 0 Å². The molecule has 0 saturated carbocycles. The number of hydrogen-bond acceptors (Lipinski definition) is 5. The van der Waals surface area contributed by atoms with Gasteiger partial charge >= 0.3 is 5.97 Å². The average Bonchev–Trinajstić information content (AvgIpc) is 2.61. The second kappa shape index (κ2) is 9.15. The molecular formula is C19H23NO5. The molecule has 6 heteroatoms. The first kappa shape index (κ1) is 18.9. The van der Waals surface area contributed by atoms with Crippen LogP contribution in [-0.4, -0.2) is 49.5 Å². The number of ether oxygens (including phenoxy) is 2. The van der Waals surface area contributed by atoms with Crippen molar-refractivity contribution >= 4 is 22.6 Å². The lowest BCUT2D eigenvalue weighted by atomic mass is 10.0. The lowest BCUT2D eigenvalue weighted by molar-refractivity contribution is -0.149. The van der Waals surface area contributed by atoms with Gasteiger partial charge < -0.3 is 19.9 Å². The average molecular weight is 345 g/mol. The molecule has 2 atom stereocenters. The van der Waals surface area contributed by atoms with Crippen molar-refractivity contribution in [3.05, 3.63) is 48.0 Å². The van der Waals surface area contributed by atoms with E-state index < -0.39 is 24.0 Å². The number of aliphatic hydroxyl groups excluding tert-OH is 1. The minimum absolute atomic E-state index is 0.105. The Balaban J connectivity index is 2.14. The van der Waals surface area contributed by atoms with E-state index in [1.807, 2.05) is 42.5 Å². The monoisotopic (exact) mass is 345 g/mol. The number of nitrogens with one attached hydrogen (secondary N) is 1. The fourth-order valence-corrected chi connectivity index (χ4v) is 2.41. The number of amides is 1. The molecule has 2 N–H and O–H groups in total. The molecule has 0 aliphatic carbocycles. The van der Waals surface area contributed by atoms with Crippen LogP contribution in [0.15, 0.2) is 42.5 Å². The van der Waals surface area contributed by atoms with Gasteiger partial charge in [0.1, 0.15) is 18.8 Å². The molecule has 2 aromatic rings. The van der Waals surface area contributed by atoms with Crippen LogP contribution in [-0.2, 0) is 25.5 Å². The molecule has 0 aromatic heterocycles. The van der Waals surface area contributed by atoms with E-state index in [0.717, 1.165) is 16.3 Å². The number of rotatable bonds is 8. The highest BCUT2D eigenvalue weighted by Crippen LogP contribution is 2.17. The molecule has 0 fully saturated rings. The topological polar surface area (TPSA) is 84.9 Å². The van der Waals surface area contributed by atoms with Crippen LogP contribution in [0.1, 0.15) is 12.5 Å². The zero-order valence-corrected chi connectivity index (χ0v) is 14.4. The van der Waals surface area contributed by atoms with Gasteiger partial charge in [0.2, 0.25) is 5.91 Å². The van der Waals surface area contributed by atoms with Gasteiger partial charge in [-0.3, -0.25) is 4.79 Å². The normalized spacial score (nSPS) is 13.2. The van der Waals surface area contributed by atoms with Crippen molar-refractivity contribution in [3.63, 3.8) is 0 Å². The van der Waals surface area contributed by atoms with Gasteiger partial charge in [0.25, 0.3) is 0 Å². The van der Waals surface area contributed by atoms with Crippen molar-refractivity contribution in [1.82, 2.24) is 5.32 Å². The van der Waals surface area contributed by atoms with E-state index in [0.29, 0.717) is 0 Å². The van der Waals surface area contributed by atoms with Crippen molar-refractivity contribution in [3.8, 4) is 0 Å². The molecule has 134 valence electrons. The SMILES string of the molecule is COCCOC(=O)C(Cc1ccc2ccccc2c1)NC(=O)C(C)O. The predicted molar refractivity (Wildman–Crippen MR) is 94.1 cm³/mol. The molecule has 0 aliphatic heterocycles. The predicted octanol–water partition coefficient (Wildman–Crippen LogP) is 1.44. The van der Waals surface area contributed by atoms with Crippen molar-refractivity contribution in [2.45, 2.75) is 25.5 Å². The molecule has 6 nitrogen and oxygen atoms in total. The van der Waals surface area contributed by atoms with Gasteiger partial charge in [0.05, 0.1) is 6.61 Å². The highest BCUT2D eigenvalue weighted by Gasteiger charge is 2.24. The Hall–Kier alpha value is -2.44. The second-order valence-electron chi connectivity index (χ2n) is 5.78. The summed E-state index contributed by atoms with van der Waals surface area (Å²) in [5, 5.41) is 14.1. The number of benzene rings is 2. The summed E-state index contributed by atoms with van der Waals surface area (Å²) < 4.78 is 9.98. The summed E-state index contributed by atoms with van der Waals surface area (Å²) in [4.78, 5) is 24.1. The maximum absolute atomic E-state index is 12.3. The van der Waals surface area contributed by atoms with E-state index in [1.165, 1.54) is 14.0 Å². The van der Waals surface area contributed by atoms with Gasteiger partial charge in [-0.1, -0.05) is 42.5 Å². The van der Waals surface area contributed by atoms with Crippen molar-refractivity contribution in [2.75, 3.05) is 20.3 Å². The van der Waals surface area contributed by atoms with Gasteiger partial charge in [-0.05, 0) is 23.3 Å². The van der Waals surface area contributed by atoms with Crippen LogP contribution in [0.4, 0.5) is 0 Å². The molecule has 2 rings (SSSR count). The Kier molecular flexibility index (Phi) is 6.91. The Morgan fingerprint density at radius 3 is 2.52 bits per heavy atom. The summed E-state index contributed by atoms with van der Waals surface area (Å²) in [5.41, 5.74) is 0.887. The van der Waals surface area contributed by atoms with Crippen LogP contribution in [0.5, 0.6) is 0 Å². The standard InChI is InChI=1S/C19H23NO5/c1-13(21)18(22)20-17(19(23)25-10-9-24-2)12-14-7-8-15-5-3-4-6-16(15)11-14/h3-8,11,13,17,21H,9-10,12H2,1-2H3,(H,20,22). The molecule has 1 amide bonds. The van der Waals surface area contributed by atoms with E-state index >= 15 is 0 Å². The van der Waals surface area contributed by atoms with Crippen LogP contribution >= 0.6 is 0 Å². The van der Waals surface area contributed by atoms with Crippen LogP contribution in [0.2, 0.25) is 0 Å². The third kappa shape index (κ3) is 5.55. The highest BCUT2D eigenvalue weighted by atomic mass is 16.6. The number of esters is 1. The summed E-state index contributed by atoms with van der Waals surface area (Å²) in [6.45, 7) is 1.73. The van der Waals surface area contributed by atoms with Crippen LogP contribution < -0.4 is 5.32 Å². The smallest absolute Gasteiger partial charge is 0.329 e. The maximum Gasteiger partial charge on any atom is 0.329 e. The first-order chi connectivity index (χ1) is 12.0. The lowest BCUT2D eigenvalue weighted by Gasteiger charge is -2.19. The lowest BCUT2D eigenvalue weighted by Crippen LogP contribution is -2.46. The van der Waals surface area contributed by atoms with Crippen molar-refractivity contribution < 1.29 is 24.2 Å². The maximum atomic E-state index is 12.3. The zero-order chi connectivity index (χ0) is 18.2. The third-order valence-corrected chi connectivity index (χ3v) is 3.77. The molecular weight excluding hydrogens is 322 g/mol. The van der Waals surface area contributed by atoms with E-state index in [9.17, 15) is 14.7 Å². The van der Waals surface area contributed by atoms with Gasteiger partial charge in [-0.2, -0.15) is 0 Å². The van der Waals surface area contributed by atoms with Gasteiger partial charge in [-0.25, -0.2) is 4.79 Å². The molecule has 0 radical (unpaired) electrons. The van der Waals surface area contributed by atoms with E-state index in [-0.39, 0.29) is 19.6 Å². The fourth-order valence-electron chi connectivity index (χ4n) is 2.41. The number of methoxy groups -OCH3 is 1. The first-order valence-corrected chi connectivity index (χ1v) is 8.13. The van der Waals surface area contributed by atoms with E-state index in [2.05, 4.69) is 5.32 Å². The minimum Gasteiger partial charge on any atom is -0.462 e. The summed E-state index contributed by atoms with van der Waals surface area (Å²) in [5.74, 6) is -1.17. The molecule has 2 aromatic carbocycles. The zero-order valence-electron chi connectivity index (χ0n) is 14.4. The van der Waals surface area contributed by atoms with Gasteiger partial charge in [-0.15, -0.1) is 0 Å². The van der Waals surface area contributed by atoms with Crippen molar-refractivity contribution in [2.24, 2.45) is 0 Å². The Morgan fingerprint density at radius 2 is 1.84 bits per heavy atom. The minimum atomic E-state index is -1.20. The molecule has 0 saturated heterocycles. The summed E-state index contributed by atoms with van der Waals surface area (Å²) in [6.07, 6.45) is -0.930. The second-order valence-corrected chi connectivity index (χ2v) is 5.78. The summed E-state index contributed by atoms with van der Waals surface area (Å²) in [6, 6.07) is 12.9. The summed E-state index contributed by atoms with van der Waals surface area (Å²) in [7, 11) is 1.51. The molecule has 2 unspecified atom stereocenters. The fraction of sp³-hybridized carbons (Fsp3) is 0.368. The van der Waals surface area contributed by atoms with E-state index in [4.69, 9.17) is 9.47 Å². The molecule has 0 bridgehead atoms. The number of carbonyl (C=O) groups is 2. The number of aliphatic hydroxyl groups is 1. The van der Waals surface area contributed by atoms with Gasteiger partial charge in [0, 0.05) is 13.5 Å². The Morgan fingerprint density at radius 1 is 1.12 bits per heavy atom. The largest absolute Gasteiger partial charge is 0.462 e. The quantitative estimate of drug-likeness (QED) is 0.559. The van der Waals surface area contributed by atoms with Gasteiger partial charge in [0.15, 0.2) is 0 Å². The Labute approximate surface area is 146 Å². The molecule has 0 aliphatic rings. The third-order valence-electron chi connectivity index (χ3n) is 3.77. The number of fused-ring (bicyclic) bond motifs is 1. The molecule has 0 spiro atoms. The number of carbonyl (C=O) groups excluding carboxylic acids is 2. The van der Waals surface area contributed by atoms with E-state index in [1.54, 1.807) is 0 Å². The molecule has 0 heterocycles. The van der Waals surface area contributed by atoms with Crippen LogP contribution in [0.3, 0.4) is 0 Å². The first-order valence-electron chi connectivity index (χ1n) is 8.13. The molecule has 25 heavy (non-hydrogen) atoms.